The first-order chi connectivity index (χ1) is 14.0. The molecular formula is C21H23BrN4O2S. The zero-order valence-corrected chi connectivity index (χ0v) is 18.9. The minimum absolute atomic E-state index is 0.0560. The Balaban J connectivity index is 1.58. The van der Waals surface area contributed by atoms with E-state index in [1.54, 1.807) is 7.11 Å². The SMILES string of the molecule is COc1ccc(C(NC(=O)CSc2n[nH]c(-c3ccc(Br)cc3)n2)C(C)C)cc1. The van der Waals surface area contributed by atoms with Gasteiger partial charge in [0, 0.05) is 10.0 Å². The van der Waals surface area contributed by atoms with Gasteiger partial charge in [0.05, 0.1) is 18.9 Å². The number of hydrogen-bond acceptors (Lipinski definition) is 5. The Hall–Kier alpha value is -2.32. The van der Waals surface area contributed by atoms with Crippen LogP contribution in [-0.4, -0.2) is 34.0 Å². The van der Waals surface area contributed by atoms with E-state index < -0.39 is 0 Å². The standard InChI is InChI=1S/C21H23BrN4O2S/c1-13(2)19(14-6-10-17(28-3)11-7-14)23-18(27)12-29-21-24-20(25-26-21)15-4-8-16(22)9-5-15/h4-11,13,19H,12H2,1-3H3,(H,23,27)(H,24,25,26). The maximum absolute atomic E-state index is 12.5. The second kappa shape index (κ2) is 9.93. The molecule has 0 bridgehead atoms. The van der Waals surface area contributed by atoms with E-state index in [1.807, 2.05) is 48.5 Å². The van der Waals surface area contributed by atoms with Crippen molar-refractivity contribution in [2.75, 3.05) is 12.9 Å². The highest BCUT2D eigenvalue weighted by Gasteiger charge is 2.19. The van der Waals surface area contributed by atoms with Crippen molar-refractivity contribution in [3.8, 4) is 17.1 Å². The van der Waals surface area contributed by atoms with E-state index in [1.165, 1.54) is 11.8 Å². The van der Waals surface area contributed by atoms with E-state index in [9.17, 15) is 4.79 Å². The fourth-order valence-corrected chi connectivity index (χ4v) is 3.71. The van der Waals surface area contributed by atoms with Crippen LogP contribution >= 0.6 is 27.7 Å². The molecule has 0 saturated heterocycles. The van der Waals surface area contributed by atoms with Gasteiger partial charge in [-0.3, -0.25) is 9.89 Å². The predicted molar refractivity (Wildman–Crippen MR) is 119 cm³/mol. The highest BCUT2D eigenvalue weighted by molar-refractivity contribution is 9.10. The fraction of sp³-hybridized carbons (Fsp3) is 0.286. The first-order valence-electron chi connectivity index (χ1n) is 9.20. The number of thioether (sulfide) groups is 1. The Kier molecular flexibility index (Phi) is 7.33. The van der Waals surface area contributed by atoms with Crippen molar-refractivity contribution in [3.63, 3.8) is 0 Å². The molecule has 1 atom stereocenters. The summed E-state index contributed by atoms with van der Waals surface area (Å²) in [7, 11) is 1.64. The molecule has 0 fully saturated rings. The second-order valence-corrected chi connectivity index (χ2v) is 8.68. The Morgan fingerprint density at radius 3 is 2.48 bits per heavy atom. The fourth-order valence-electron chi connectivity index (χ4n) is 2.84. The normalized spacial score (nSPS) is 12.0. The number of carbonyl (C=O) groups is 1. The number of methoxy groups -OCH3 is 1. The Morgan fingerprint density at radius 2 is 1.86 bits per heavy atom. The molecule has 1 heterocycles. The number of halogens is 1. The number of benzene rings is 2. The van der Waals surface area contributed by atoms with Crippen molar-refractivity contribution in [3.05, 3.63) is 58.6 Å². The highest BCUT2D eigenvalue weighted by atomic mass is 79.9. The summed E-state index contributed by atoms with van der Waals surface area (Å²) < 4.78 is 6.21. The van der Waals surface area contributed by atoms with E-state index in [0.717, 1.165) is 21.3 Å². The van der Waals surface area contributed by atoms with Gasteiger partial charge >= 0.3 is 0 Å². The van der Waals surface area contributed by atoms with Gasteiger partial charge in [-0.05, 0) is 35.7 Å². The van der Waals surface area contributed by atoms with Crippen LogP contribution in [0.1, 0.15) is 25.5 Å². The second-order valence-electron chi connectivity index (χ2n) is 6.82. The van der Waals surface area contributed by atoms with Gasteiger partial charge in [-0.1, -0.05) is 65.8 Å². The number of nitrogens with one attached hydrogen (secondary N) is 2. The van der Waals surface area contributed by atoms with E-state index in [0.29, 0.717) is 11.0 Å². The van der Waals surface area contributed by atoms with Crippen LogP contribution in [0, 0.1) is 5.92 Å². The molecule has 0 spiro atoms. The van der Waals surface area contributed by atoms with Crippen molar-refractivity contribution in [1.29, 1.82) is 0 Å². The van der Waals surface area contributed by atoms with Gasteiger partial charge in [-0.15, -0.1) is 5.10 Å². The summed E-state index contributed by atoms with van der Waals surface area (Å²) in [5.41, 5.74) is 1.99. The minimum Gasteiger partial charge on any atom is -0.497 e. The molecule has 0 saturated carbocycles. The molecule has 0 aliphatic rings. The summed E-state index contributed by atoms with van der Waals surface area (Å²) in [4.78, 5) is 17.0. The van der Waals surface area contributed by atoms with Crippen molar-refractivity contribution >= 4 is 33.6 Å². The molecule has 2 N–H and O–H groups in total. The number of nitrogens with zero attached hydrogens (tertiary/aromatic N) is 2. The molecule has 1 unspecified atom stereocenters. The average Bonchev–Trinajstić information content (AvgIpc) is 3.20. The molecule has 2 aromatic carbocycles. The Bertz CT molecular complexity index is 942. The Labute approximate surface area is 183 Å². The first-order valence-corrected chi connectivity index (χ1v) is 11.0. The van der Waals surface area contributed by atoms with Gasteiger partial charge in [0.15, 0.2) is 5.82 Å². The maximum atomic E-state index is 12.5. The van der Waals surface area contributed by atoms with Crippen LogP contribution < -0.4 is 10.1 Å². The number of amides is 1. The first kappa shape index (κ1) is 21.4. The zero-order valence-electron chi connectivity index (χ0n) is 16.5. The Morgan fingerprint density at radius 1 is 1.17 bits per heavy atom. The van der Waals surface area contributed by atoms with Crippen molar-refractivity contribution < 1.29 is 9.53 Å². The topological polar surface area (TPSA) is 79.9 Å². The molecule has 0 aliphatic heterocycles. The lowest BCUT2D eigenvalue weighted by atomic mass is 9.96. The monoisotopic (exact) mass is 474 g/mol. The third-order valence-corrected chi connectivity index (χ3v) is 5.75. The largest absolute Gasteiger partial charge is 0.497 e. The number of rotatable bonds is 8. The van der Waals surface area contributed by atoms with Gasteiger partial charge in [-0.2, -0.15) is 0 Å². The van der Waals surface area contributed by atoms with Gasteiger partial charge in [0.1, 0.15) is 5.75 Å². The van der Waals surface area contributed by atoms with Crippen molar-refractivity contribution in [1.82, 2.24) is 20.5 Å². The molecule has 0 radical (unpaired) electrons. The summed E-state index contributed by atoms with van der Waals surface area (Å²) >= 11 is 4.72. The molecule has 3 rings (SSSR count). The van der Waals surface area contributed by atoms with Gasteiger partial charge in [0.2, 0.25) is 11.1 Å². The van der Waals surface area contributed by atoms with Gasteiger partial charge in [-0.25, -0.2) is 4.98 Å². The van der Waals surface area contributed by atoms with E-state index in [-0.39, 0.29) is 23.6 Å². The molecule has 1 aromatic heterocycles. The number of carbonyl (C=O) groups excluding carboxylic acids is 1. The highest BCUT2D eigenvalue weighted by Crippen LogP contribution is 2.25. The van der Waals surface area contributed by atoms with Crippen molar-refractivity contribution in [2.45, 2.75) is 25.0 Å². The lowest BCUT2D eigenvalue weighted by Gasteiger charge is -2.23. The maximum Gasteiger partial charge on any atom is 0.230 e. The summed E-state index contributed by atoms with van der Waals surface area (Å²) in [5, 5.41) is 10.8. The van der Waals surface area contributed by atoms with E-state index in [2.05, 4.69) is 50.3 Å². The predicted octanol–water partition coefficient (Wildman–Crippen LogP) is 4.85. The molecule has 3 aromatic rings. The van der Waals surface area contributed by atoms with Crippen LogP contribution in [0.4, 0.5) is 0 Å². The van der Waals surface area contributed by atoms with Crippen LogP contribution in [-0.2, 0) is 4.79 Å². The summed E-state index contributed by atoms with van der Waals surface area (Å²) in [5.74, 6) is 1.92. The van der Waals surface area contributed by atoms with Gasteiger partial charge < -0.3 is 10.1 Å². The van der Waals surface area contributed by atoms with Crippen LogP contribution in [0.15, 0.2) is 58.2 Å². The summed E-state index contributed by atoms with van der Waals surface area (Å²) in [6.45, 7) is 4.17. The van der Waals surface area contributed by atoms with Crippen molar-refractivity contribution in [2.24, 2.45) is 5.92 Å². The molecular weight excluding hydrogens is 452 g/mol. The number of hydrogen-bond donors (Lipinski definition) is 2. The number of aromatic amines is 1. The molecule has 152 valence electrons. The number of ether oxygens (including phenoxy) is 1. The van der Waals surface area contributed by atoms with Crippen LogP contribution in [0.2, 0.25) is 0 Å². The lowest BCUT2D eigenvalue weighted by Crippen LogP contribution is -2.33. The van der Waals surface area contributed by atoms with Crippen LogP contribution in [0.3, 0.4) is 0 Å². The number of aromatic nitrogens is 3. The lowest BCUT2D eigenvalue weighted by molar-refractivity contribution is -0.119. The minimum atomic E-state index is -0.0699. The smallest absolute Gasteiger partial charge is 0.230 e. The molecule has 1 amide bonds. The number of H-pyrrole nitrogens is 1. The third kappa shape index (κ3) is 5.83. The quantitative estimate of drug-likeness (QED) is 0.456. The van der Waals surface area contributed by atoms with E-state index in [4.69, 9.17) is 4.74 Å². The third-order valence-electron chi connectivity index (χ3n) is 4.37. The molecule has 29 heavy (non-hydrogen) atoms. The van der Waals surface area contributed by atoms with E-state index >= 15 is 0 Å². The van der Waals surface area contributed by atoms with Gasteiger partial charge in [0.25, 0.3) is 0 Å². The summed E-state index contributed by atoms with van der Waals surface area (Å²) in [6, 6.07) is 15.5. The molecule has 8 heteroatoms. The zero-order chi connectivity index (χ0) is 20.8. The van der Waals surface area contributed by atoms with Crippen LogP contribution in [0.5, 0.6) is 5.75 Å². The average molecular weight is 475 g/mol. The molecule has 6 nitrogen and oxygen atoms in total. The summed E-state index contributed by atoms with van der Waals surface area (Å²) in [6.07, 6.45) is 0. The molecule has 0 aliphatic carbocycles. The van der Waals surface area contributed by atoms with Crippen LogP contribution in [0.25, 0.3) is 11.4 Å².